The summed E-state index contributed by atoms with van der Waals surface area (Å²) >= 11 is 12.8. The van der Waals surface area contributed by atoms with Crippen LogP contribution < -0.4 is 21.1 Å². The van der Waals surface area contributed by atoms with Gasteiger partial charge in [0.1, 0.15) is 17.2 Å². The third-order valence-corrected chi connectivity index (χ3v) is 4.48. The fourth-order valence-corrected chi connectivity index (χ4v) is 3.01. The predicted octanol–water partition coefficient (Wildman–Crippen LogP) is 2.63. The molecule has 1 heterocycles. The largest absolute Gasteiger partial charge is 0.472 e. The zero-order valence-corrected chi connectivity index (χ0v) is 15.7. The van der Waals surface area contributed by atoms with Gasteiger partial charge in [0.15, 0.2) is 0 Å². The van der Waals surface area contributed by atoms with Gasteiger partial charge in [-0.05, 0) is 36.2 Å². The molecule has 2 rings (SSSR count). The van der Waals surface area contributed by atoms with Gasteiger partial charge in [-0.3, -0.25) is 10.1 Å². The second-order valence-corrected chi connectivity index (χ2v) is 6.66. The molecule has 140 valence electrons. The Hall–Kier alpha value is -2.07. The first-order valence-electron chi connectivity index (χ1n) is 7.44. The van der Waals surface area contributed by atoms with Crippen LogP contribution in [0, 0.1) is 0 Å². The number of anilines is 1. The van der Waals surface area contributed by atoms with Crippen molar-refractivity contribution in [1.29, 1.82) is 0 Å². The molecule has 0 unspecified atom stereocenters. The summed E-state index contributed by atoms with van der Waals surface area (Å²) in [4.78, 5) is 23.5. The molecule has 0 radical (unpaired) electrons. The second-order valence-electron chi connectivity index (χ2n) is 5.04. The van der Waals surface area contributed by atoms with E-state index in [-0.39, 0.29) is 36.2 Å². The minimum atomic E-state index is -0.795. The molecule has 5 N–H and O–H groups in total. The van der Waals surface area contributed by atoms with E-state index >= 15 is 0 Å². The number of nitrogens with zero attached hydrogens (tertiary/aromatic N) is 1. The van der Waals surface area contributed by atoms with E-state index in [4.69, 9.17) is 38.8 Å². The lowest BCUT2D eigenvalue weighted by Crippen LogP contribution is -2.30. The van der Waals surface area contributed by atoms with Gasteiger partial charge in [0.25, 0.3) is 5.91 Å². The number of amides is 3. The first-order valence-corrected chi connectivity index (χ1v) is 8.97. The average Bonchev–Trinajstić information content (AvgIpc) is 2.98. The van der Waals surface area contributed by atoms with E-state index in [0.717, 1.165) is 11.5 Å². The van der Waals surface area contributed by atoms with Gasteiger partial charge in [-0.25, -0.2) is 4.79 Å². The number of aliphatic hydroxyl groups is 1. The van der Waals surface area contributed by atoms with Gasteiger partial charge < -0.3 is 20.9 Å². The number of urea groups is 1. The van der Waals surface area contributed by atoms with Crippen LogP contribution in [0.1, 0.15) is 22.3 Å². The SMILES string of the molecule is NC(=O)c1c(OCc2cc(Cl)ccc2Cl)nsc1NC(=O)NCCCO. The molecule has 0 atom stereocenters. The zero-order valence-electron chi connectivity index (χ0n) is 13.4. The van der Waals surface area contributed by atoms with Gasteiger partial charge in [0, 0.05) is 28.8 Å². The molecule has 3 amide bonds. The molecule has 1 aromatic carbocycles. The number of halogens is 2. The van der Waals surface area contributed by atoms with Crippen LogP contribution in [0.5, 0.6) is 5.88 Å². The number of carbonyl (C=O) groups is 2. The maximum Gasteiger partial charge on any atom is 0.319 e. The number of benzene rings is 1. The summed E-state index contributed by atoms with van der Waals surface area (Å²) in [6.07, 6.45) is 0.410. The van der Waals surface area contributed by atoms with E-state index in [1.807, 2.05) is 0 Å². The molecule has 0 aliphatic carbocycles. The number of hydrogen-bond donors (Lipinski definition) is 4. The van der Waals surface area contributed by atoms with Gasteiger partial charge in [0.2, 0.25) is 5.88 Å². The highest BCUT2D eigenvalue weighted by molar-refractivity contribution is 7.11. The molecular weight excluding hydrogens is 403 g/mol. The van der Waals surface area contributed by atoms with Crippen LogP contribution in [0.15, 0.2) is 18.2 Å². The lowest BCUT2D eigenvalue weighted by atomic mass is 10.2. The summed E-state index contributed by atoms with van der Waals surface area (Å²) in [5.74, 6) is -0.805. The molecule has 8 nitrogen and oxygen atoms in total. The predicted molar refractivity (Wildman–Crippen MR) is 100 cm³/mol. The Bertz CT molecular complexity index is 800. The van der Waals surface area contributed by atoms with Crippen LogP contribution in [0.2, 0.25) is 10.0 Å². The van der Waals surface area contributed by atoms with Crippen LogP contribution >= 0.6 is 34.7 Å². The Labute approximate surface area is 163 Å². The van der Waals surface area contributed by atoms with Crippen molar-refractivity contribution in [1.82, 2.24) is 9.69 Å². The van der Waals surface area contributed by atoms with Crippen molar-refractivity contribution in [2.45, 2.75) is 13.0 Å². The van der Waals surface area contributed by atoms with Crippen molar-refractivity contribution in [3.8, 4) is 5.88 Å². The zero-order chi connectivity index (χ0) is 19.1. The number of carbonyl (C=O) groups excluding carboxylic acids is 2. The summed E-state index contributed by atoms with van der Waals surface area (Å²) in [6.45, 7) is 0.257. The van der Waals surface area contributed by atoms with Crippen LogP contribution in [0.3, 0.4) is 0 Å². The van der Waals surface area contributed by atoms with Crippen molar-refractivity contribution < 1.29 is 19.4 Å². The van der Waals surface area contributed by atoms with Gasteiger partial charge in [-0.15, -0.1) is 0 Å². The molecule has 0 fully saturated rings. The summed E-state index contributed by atoms with van der Waals surface area (Å²) in [6, 6.07) is 4.35. The Kier molecular flexibility index (Phi) is 7.46. The molecule has 26 heavy (non-hydrogen) atoms. The van der Waals surface area contributed by atoms with Gasteiger partial charge in [-0.1, -0.05) is 23.2 Å². The number of rotatable bonds is 8. The maximum atomic E-state index is 11.8. The highest BCUT2D eigenvalue weighted by Crippen LogP contribution is 2.31. The fourth-order valence-electron chi connectivity index (χ4n) is 1.90. The van der Waals surface area contributed by atoms with E-state index in [1.54, 1.807) is 18.2 Å². The van der Waals surface area contributed by atoms with Crippen molar-refractivity contribution in [2.24, 2.45) is 5.73 Å². The molecule has 0 aliphatic heterocycles. The van der Waals surface area contributed by atoms with E-state index in [0.29, 0.717) is 22.0 Å². The minimum Gasteiger partial charge on any atom is -0.472 e. The topological polar surface area (TPSA) is 127 Å². The smallest absolute Gasteiger partial charge is 0.319 e. The number of nitrogens with one attached hydrogen (secondary N) is 2. The summed E-state index contributed by atoms with van der Waals surface area (Å²) in [5.41, 5.74) is 5.95. The Morgan fingerprint density at radius 2 is 2.12 bits per heavy atom. The van der Waals surface area contributed by atoms with Crippen LogP contribution in [0.25, 0.3) is 0 Å². The monoisotopic (exact) mass is 418 g/mol. The molecule has 0 saturated carbocycles. The standard InChI is InChI=1S/C15H16Cl2N4O4S/c16-9-2-3-10(17)8(6-9)7-25-13-11(12(18)23)14(26-21-13)20-15(24)19-4-1-5-22/h2-3,6,22H,1,4-5,7H2,(H2,18,23)(H2,19,20,24). The number of nitrogens with two attached hydrogens (primary N) is 1. The molecule has 0 bridgehead atoms. The molecule has 0 saturated heterocycles. The Morgan fingerprint density at radius 3 is 2.81 bits per heavy atom. The number of aliphatic hydroxyl groups excluding tert-OH is 1. The number of ether oxygens (including phenoxy) is 1. The second kappa shape index (κ2) is 9.58. The van der Waals surface area contributed by atoms with Crippen molar-refractivity contribution in [2.75, 3.05) is 18.5 Å². The number of hydrogen-bond acceptors (Lipinski definition) is 6. The molecular formula is C15H16Cl2N4O4S. The van der Waals surface area contributed by atoms with Crippen molar-refractivity contribution in [3.63, 3.8) is 0 Å². The number of aromatic nitrogens is 1. The van der Waals surface area contributed by atoms with E-state index in [2.05, 4.69) is 15.0 Å². The van der Waals surface area contributed by atoms with E-state index in [9.17, 15) is 9.59 Å². The molecule has 0 aliphatic rings. The highest BCUT2D eigenvalue weighted by atomic mass is 35.5. The van der Waals surface area contributed by atoms with Gasteiger partial charge >= 0.3 is 6.03 Å². The third-order valence-electron chi connectivity index (χ3n) is 3.13. The maximum absolute atomic E-state index is 11.8. The summed E-state index contributed by atoms with van der Waals surface area (Å²) in [5, 5.41) is 14.8. The quantitative estimate of drug-likeness (QED) is 0.490. The van der Waals surface area contributed by atoms with Crippen LogP contribution in [0.4, 0.5) is 9.80 Å². The van der Waals surface area contributed by atoms with Crippen LogP contribution in [-0.4, -0.2) is 34.6 Å². The summed E-state index contributed by atoms with van der Waals surface area (Å²) < 4.78 is 9.55. The molecule has 1 aromatic heterocycles. The molecule has 2 aromatic rings. The van der Waals surface area contributed by atoms with Crippen molar-refractivity contribution in [3.05, 3.63) is 39.4 Å². The first-order chi connectivity index (χ1) is 12.4. The van der Waals surface area contributed by atoms with Gasteiger partial charge in [0.05, 0.1) is 0 Å². The normalized spacial score (nSPS) is 10.4. The van der Waals surface area contributed by atoms with E-state index < -0.39 is 11.9 Å². The van der Waals surface area contributed by atoms with Crippen molar-refractivity contribution >= 4 is 51.7 Å². The third kappa shape index (κ3) is 5.46. The van der Waals surface area contributed by atoms with Crippen LogP contribution in [-0.2, 0) is 6.61 Å². The minimum absolute atomic E-state index is 0.01000. The van der Waals surface area contributed by atoms with E-state index in [1.165, 1.54) is 0 Å². The lowest BCUT2D eigenvalue weighted by Gasteiger charge is -2.08. The highest BCUT2D eigenvalue weighted by Gasteiger charge is 2.22. The Morgan fingerprint density at radius 1 is 1.35 bits per heavy atom. The fraction of sp³-hybridized carbons (Fsp3) is 0.267. The number of primary amides is 1. The lowest BCUT2D eigenvalue weighted by molar-refractivity contribution is 0.0996. The Balaban J connectivity index is 2.09. The average molecular weight is 419 g/mol. The van der Waals surface area contributed by atoms with Gasteiger partial charge in [-0.2, -0.15) is 4.37 Å². The summed E-state index contributed by atoms with van der Waals surface area (Å²) in [7, 11) is 0. The molecule has 0 spiro atoms. The molecule has 11 heteroatoms. The first kappa shape index (κ1) is 20.2.